The minimum Gasteiger partial charge on any atom is -0.461 e. The van der Waals surface area contributed by atoms with Crippen LogP contribution in [0.25, 0.3) is 0 Å². The Bertz CT molecular complexity index is 406. The number of esters is 1. The molecule has 1 aromatic heterocycles. The molecule has 0 spiro atoms. The number of hydrogen-bond acceptors (Lipinski definition) is 5. The van der Waals surface area contributed by atoms with Gasteiger partial charge in [0.05, 0.1) is 6.61 Å². The van der Waals surface area contributed by atoms with Gasteiger partial charge < -0.3 is 14.1 Å². The second-order valence-electron chi connectivity index (χ2n) is 4.77. The van der Waals surface area contributed by atoms with E-state index >= 15 is 0 Å². The number of nitrogens with zero attached hydrogens (tertiary/aromatic N) is 2. The summed E-state index contributed by atoms with van der Waals surface area (Å²) in [5, 5.41) is 0. The molecule has 18 heavy (non-hydrogen) atoms. The van der Waals surface area contributed by atoms with E-state index in [2.05, 4.69) is 23.7 Å². The normalized spacial score (nSPS) is 24.1. The Morgan fingerprint density at radius 3 is 2.78 bits per heavy atom. The molecule has 0 amide bonds. The highest BCUT2D eigenvalue weighted by Gasteiger charge is 2.29. The number of carbonyl (C=O) groups excluding carboxylic acids is 1. The highest BCUT2D eigenvalue weighted by Crippen LogP contribution is 2.28. The van der Waals surface area contributed by atoms with E-state index in [0.717, 1.165) is 12.8 Å². The maximum atomic E-state index is 11.5. The highest BCUT2D eigenvalue weighted by molar-refractivity contribution is 5.87. The van der Waals surface area contributed by atoms with Gasteiger partial charge in [0.25, 0.3) is 6.01 Å². The van der Waals surface area contributed by atoms with E-state index in [1.165, 1.54) is 12.7 Å². The summed E-state index contributed by atoms with van der Waals surface area (Å²) in [6.07, 6.45) is 4.86. The number of aromatic nitrogens is 1. The van der Waals surface area contributed by atoms with E-state index in [-0.39, 0.29) is 5.69 Å². The molecule has 0 radical (unpaired) electrons. The minimum absolute atomic E-state index is 0.247. The first kappa shape index (κ1) is 12.9. The van der Waals surface area contributed by atoms with Crippen LogP contribution in [0.3, 0.4) is 0 Å². The van der Waals surface area contributed by atoms with Crippen LogP contribution in [0.4, 0.5) is 6.01 Å². The molecule has 100 valence electrons. The van der Waals surface area contributed by atoms with Crippen molar-refractivity contribution in [3.63, 3.8) is 0 Å². The average Bonchev–Trinajstić information content (AvgIpc) is 2.78. The Kier molecular flexibility index (Phi) is 3.89. The summed E-state index contributed by atoms with van der Waals surface area (Å²) in [7, 11) is 0. The van der Waals surface area contributed by atoms with Gasteiger partial charge in [0.2, 0.25) is 0 Å². The summed E-state index contributed by atoms with van der Waals surface area (Å²) < 4.78 is 10.3. The SMILES string of the molecule is CCOC(=O)c1coc(N2[C@H](C)CCC[C@@H]2C)n1. The van der Waals surface area contributed by atoms with Crippen LogP contribution >= 0.6 is 0 Å². The fraction of sp³-hybridized carbons (Fsp3) is 0.692. The van der Waals surface area contributed by atoms with E-state index in [0.29, 0.717) is 24.7 Å². The molecule has 1 aromatic rings. The molecule has 2 heterocycles. The fourth-order valence-electron chi connectivity index (χ4n) is 2.48. The molecular formula is C13H20N2O3. The van der Waals surface area contributed by atoms with Crippen LogP contribution in [0.2, 0.25) is 0 Å². The second kappa shape index (κ2) is 5.42. The van der Waals surface area contributed by atoms with Gasteiger partial charge in [-0.25, -0.2) is 4.79 Å². The quantitative estimate of drug-likeness (QED) is 0.774. The number of hydrogen-bond donors (Lipinski definition) is 0. The summed E-state index contributed by atoms with van der Waals surface area (Å²) in [4.78, 5) is 17.9. The smallest absolute Gasteiger partial charge is 0.360 e. The van der Waals surface area contributed by atoms with E-state index in [1.54, 1.807) is 6.92 Å². The van der Waals surface area contributed by atoms with Gasteiger partial charge in [-0.1, -0.05) is 0 Å². The first-order chi connectivity index (χ1) is 8.63. The van der Waals surface area contributed by atoms with Gasteiger partial charge in [0.15, 0.2) is 5.69 Å². The standard InChI is InChI=1S/C13H20N2O3/c1-4-17-12(16)11-8-18-13(14-11)15-9(2)6-5-7-10(15)3/h8-10H,4-7H2,1-3H3/t9-,10+. The van der Waals surface area contributed by atoms with Crippen molar-refractivity contribution in [3.8, 4) is 0 Å². The molecule has 1 aliphatic heterocycles. The number of piperidine rings is 1. The molecule has 0 aliphatic carbocycles. The van der Waals surface area contributed by atoms with Crippen LogP contribution in [0.5, 0.6) is 0 Å². The molecule has 5 nitrogen and oxygen atoms in total. The topological polar surface area (TPSA) is 55.6 Å². The number of carbonyl (C=O) groups is 1. The number of rotatable bonds is 3. The third-order valence-corrected chi connectivity index (χ3v) is 3.39. The van der Waals surface area contributed by atoms with E-state index in [4.69, 9.17) is 9.15 Å². The van der Waals surface area contributed by atoms with Crippen LogP contribution in [-0.4, -0.2) is 29.6 Å². The lowest BCUT2D eigenvalue weighted by molar-refractivity contribution is 0.0519. The maximum Gasteiger partial charge on any atom is 0.360 e. The third kappa shape index (κ3) is 2.49. The van der Waals surface area contributed by atoms with E-state index in [9.17, 15) is 4.79 Å². The highest BCUT2D eigenvalue weighted by atomic mass is 16.5. The molecule has 1 aliphatic rings. The van der Waals surface area contributed by atoms with Gasteiger partial charge in [0.1, 0.15) is 6.26 Å². The Morgan fingerprint density at radius 2 is 2.17 bits per heavy atom. The first-order valence-corrected chi connectivity index (χ1v) is 6.54. The molecule has 2 rings (SSSR count). The Morgan fingerprint density at radius 1 is 1.50 bits per heavy atom. The molecular weight excluding hydrogens is 232 g/mol. The zero-order chi connectivity index (χ0) is 13.1. The summed E-state index contributed by atoms with van der Waals surface area (Å²) >= 11 is 0. The average molecular weight is 252 g/mol. The lowest BCUT2D eigenvalue weighted by Crippen LogP contribution is -2.44. The number of ether oxygens (including phenoxy) is 1. The molecule has 0 aromatic carbocycles. The zero-order valence-corrected chi connectivity index (χ0v) is 11.2. The summed E-state index contributed by atoms with van der Waals surface area (Å²) in [6.45, 7) is 6.43. The Balaban J connectivity index is 2.15. The predicted octanol–water partition coefficient (Wildman–Crippen LogP) is 2.62. The monoisotopic (exact) mass is 252 g/mol. The Hall–Kier alpha value is -1.52. The number of anilines is 1. The Labute approximate surface area is 107 Å². The molecule has 0 saturated carbocycles. The summed E-state index contributed by atoms with van der Waals surface area (Å²) in [5.41, 5.74) is 0.247. The van der Waals surface area contributed by atoms with Gasteiger partial charge in [0, 0.05) is 12.1 Å². The van der Waals surface area contributed by atoms with Gasteiger partial charge in [-0.2, -0.15) is 4.98 Å². The molecule has 2 atom stereocenters. The molecule has 0 unspecified atom stereocenters. The molecule has 0 bridgehead atoms. The second-order valence-corrected chi connectivity index (χ2v) is 4.77. The van der Waals surface area contributed by atoms with Gasteiger partial charge in [-0.3, -0.25) is 0 Å². The van der Waals surface area contributed by atoms with E-state index < -0.39 is 5.97 Å². The summed E-state index contributed by atoms with van der Waals surface area (Å²) in [5.74, 6) is -0.426. The van der Waals surface area contributed by atoms with Crippen molar-refractivity contribution in [1.82, 2.24) is 4.98 Å². The van der Waals surface area contributed by atoms with Crippen molar-refractivity contribution >= 4 is 12.0 Å². The fourth-order valence-corrected chi connectivity index (χ4v) is 2.48. The largest absolute Gasteiger partial charge is 0.461 e. The molecule has 1 fully saturated rings. The van der Waals surface area contributed by atoms with Gasteiger partial charge in [-0.05, 0) is 40.0 Å². The van der Waals surface area contributed by atoms with Crippen LogP contribution < -0.4 is 4.90 Å². The minimum atomic E-state index is -0.426. The van der Waals surface area contributed by atoms with Crippen molar-refractivity contribution in [2.24, 2.45) is 0 Å². The van der Waals surface area contributed by atoms with Crippen LogP contribution in [0, 0.1) is 0 Å². The van der Waals surface area contributed by atoms with E-state index in [1.807, 2.05) is 0 Å². The molecule has 0 N–H and O–H groups in total. The lowest BCUT2D eigenvalue weighted by Gasteiger charge is -2.37. The summed E-state index contributed by atoms with van der Waals surface area (Å²) in [6, 6.07) is 1.31. The van der Waals surface area contributed by atoms with Crippen molar-refractivity contribution in [2.75, 3.05) is 11.5 Å². The van der Waals surface area contributed by atoms with Crippen molar-refractivity contribution < 1.29 is 13.9 Å². The zero-order valence-electron chi connectivity index (χ0n) is 11.2. The van der Waals surface area contributed by atoms with Crippen molar-refractivity contribution in [2.45, 2.75) is 52.1 Å². The van der Waals surface area contributed by atoms with Crippen molar-refractivity contribution in [3.05, 3.63) is 12.0 Å². The van der Waals surface area contributed by atoms with Crippen LogP contribution in [0.1, 0.15) is 50.5 Å². The molecule has 1 saturated heterocycles. The predicted molar refractivity (Wildman–Crippen MR) is 67.7 cm³/mol. The van der Waals surface area contributed by atoms with Crippen LogP contribution in [0.15, 0.2) is 10.7 Å². The lowest BCUT2D eigenvalue weighted by atomic mass is 9.98. The molecule has 5 heteroatoms. The van der Waals surface area contributed by atoms with Crippen molar-refractivity contribution in [1.29, 1.82) is 0 Å². The van der Waals surface area contributed by atoms with Crippen LogP contribution in [-0.2, 0) is 4.74 Å². The first-order valence-electron chi connectivity index (χ1n) is 6.54. The van der Waals surface area contributed by atoms with Gasteiger partial charge >= 0.3 is 5.97 Å². The third-order valence-electron chi connectivity index (χ3n) is 3.39. The van der Waals surface area contributed by atoms with Gasteiger partial charge in [-0.15, -0.1) is 0 Å². The maximum absolute atomic E-state index is 11.5. The number of oxazole rings is 1.